The third kappa shape index (κ3) is 4.01. The Bertz CT molecular complexity index is 936. The van der Waals surface area contributed by atoms with E-state index in [0.717, 1.165) is 34.4 Å². The zero-order valence-electron chi connectivity index (χ0n) is 15.1. The van der Waals surface area contributed by atoms with E-state index in [0.29, 0.717) is 12.3 Å². The lowest BCUT2D eigenvalue weighted by Crippen LogP contribution is -2.29. The van der Waals surface area contributed by atoms with Gasteiger partial charge in [-0.15, -0.1) is 0 Å². The van der Waals surface area contributed by atoms with E-state index in [-0.39, 0.29) is 12.5 Å². The minimum Gasteiger partial charge on any atom is -0.484 e. The number of rotatable bonds is 6. The number of carbonyl (C=O) groups is 1. The number of thioether (sulfide) groups is 1. The molecule has 0 unspecified atom stereocenters. The Kier molecular flexibility index (Phi) is 5.16. The third-order valence-electron chi connectivity index (χ3n) is 4.47. The Balaban J connectivity index is 1.46. The second-order valence-electron chi connectivity index (χ2n) is 6.43. The van der Waals surface area contributed by atoms with Gasteiger partial charge in [-0.25, -0.2) is 4.98 Å². The van der Waals surface area contributed by atoms with Crippen LogP contribution >= 0.6 is 11.8 Å². The molecule has 1 aromatic heterocycles. The summed E-state index contributed by atoms with van der Waals surface area (Å²) in [5, 5.41) is 4.00. The molecule has 0 aliphatic carbocycles. The van der Waals surface area contributed by atoms with Gasteiger partial charge in [-0.2, -0.15) is 0 Å². The van der Waals surface area contributed by atoms with Crippen LogP contribution in [0.3, 0.4) is 0 Å². The van der Waals surface area contributed by atoms with E-state index in [1.54, 1.807) is 11.8 Å². The largest absolute Gasteiger partial charge is 0.484 e. The standard InChI is InChI=1S/C21H21N3O2S/c1-15-7-9-16(10-8-15)20-18(24-11-12-27-21(24)23-20)13-22-19(25)14-26-17-5-3-2-4-6-17/h2-10H,11-14H2,1H3,(H,22,25). The summed E-state index contributed by atoms with van der Waals surface area (Å²) in [6, 6.07) is 17.7. The van der Waals surface area contributed by atoms with Crippen LogP contribution in [0.5, 0.6) is 5.75 Å². The molecule has 138 valence electrons. The molecule has 0 saturated heterocycles. The van der Waals surface area contributed by atoms with Crippen molar-refractivity contribution in [3.05, 3.63) is 65.9 Å². The highest BCUT2D eigenvalue weighted by atomic mass is 32.2. The molecule has 0 spiro atoms. The van der Waals surface area contributed by atoms with Gasteiger partial charge >= 0.3 is 0 Å². The molecule has 1 aliphatic heterocycles. The maximum atomic E-state index is 12.2. The summed E-state index contributed by atoms with van der Waals surface area (Å²) in [5.74, 6) is 1.57. The molecule has 1 aliphatic rings. The molecule has 6 heteroatoms. The lowest BCUT2D eigenvalue weighted by atomic mass is 10.1. The summed E-state index contributed by atoms with van der Waals surface area (Å²) in [7, 11) is 0. The summed E-state index contributed by atoms with van der Waals surface area (Å²) < 4.78 is 7.73. The predicted octanol–water partition coefficient (Wildman–Crippen LogP) is 3.66. The molecule has 0 fully saturated rings. The predicted molar refractivity (Wildman–Crippen MR) is 107 cm³/mol. The number of aryl methyl sites for hydroxylation is 1. The number of fused-ring (bicyclic) bond motifs is 1. The molecule has 3 aromatic rings. The van der Waals surface area contributed by atoms with Crippen molar-refractivity contribution in [1.82, 2.24) is 14.9 Å². The number of para-hydroxylation sites is 1. The number of amides is 1. The van der Waals surface area contributed by atoms with Gasteiger partial charge in [0.2, 0.25) is 0 Å². The SMILES string of the molecule is Cc1ccc(-c2nc3n(c2CNC(=O)COc2ccccc2)CCS3)cc1. The highest BCUT2D eigenvalue weighted by molar-refractivity contribution is 7.99. The first-order valence-corrected chi connectivity index (χ1v) is 9.93. The minimum absolute atomic E-state index is 0.000374. The first-order chi connectivity index (χ1) is 13.2. The number of aromatic nitrogens is 2. The van der Waals surface area contributed by atoms with Gasteiger partial charge in [-0.3, -0.25) is 4.79 Å². The van der Waals surface area contributed by atoms with Crippen molar-refractivity contribution in [2.24, 2.45) is 0 Å². The molecule has 2 heterocycles. The van der Waals surface area contributed by atoms with Gasteiger partial charge in [0.25, 0.3) is 5.91 Å². The Labute approximate surface area is 162 Å². The van der Waals surface area contributed by atoms with Crippen LogP contribution in [0.4, 0.5) is 0 Å². The molecule has 4 rings (SSSR count). The van der Waals surface area contributed by atoms with Crippen molar-refractivity contribution in [1.29, 1.82) is 0 Å². The van der Waals surface area contributed by atoms with E-state index < -0.39 is 0 Å². The molecule has 0 atom stereocenters. The number of benzene rings is 2. The molecule has 0 saturated carbocycles. The van der Waals surface area contributed by atoms with Crippen molar-refractivity contribution < 1.29 is 9.53 Å². The Morgan fingerprint density at radius 1 is 1.19 bits per heavy atom. The van der Waals surface area contributed by atoms with Crippen molar-refractivity contribution in [2.45, 2.75) is 25.2 Å². The van der Waals surface area contributed by atoms with E-state index in [9.17, 15) is 4.79 Å². The molecule has 27 heavy (non-hydrogen) atoms. The fourth-order valence-electron chi connectivity index (χ4n) is 3.05. The van der Waals surface area contributed by atoms with Crippen LogP contribution in [0.1, 0.15) is 11.3 Å². The molecule has 0 bridgehead atoms. The van der Waals surface area contributed by atoms with E-state index in [1.165, 1.54) is 5.56 Å². The smallest absolute Gasteiger partial charge is 0.258 e. The molecule has 0 radical (unpaired) electrons. The van der Waals surface area contributed by atoms with Gasteiger partial charge < -0.3 is 14.6 Å². The summed E-state index contributed by atoms with van der Waals surface area (Å²) in [6.07, 6.45) is 0. The van der Waals surface area contributed by atoms with Crippen LogP contribution in [-0.2, 0) is 17.9 Å². The van der Waals surface area contributed by atoms with Crippen molar-refractivity contribution in [2.75, 3.05) is 12.4 Å². The topological polar surface area (TPSA) is 56.2 Å². The molecule has 2 aromatic carbocycles. The van der Waals surface area contributed by atoms with Crippen molar-refractivity contribution >= 4 is 17.7 Å². The number of imidazole rings is 1. The minimum atomic E-state index is -0.144. The van der Waals surface area contributed by atoms with Gasteiger partial charge in [-0.1, -0.05) is 59.8 Å². The highest BCUT2D eigenvalue weighted by Crippen LogP contribution is 2.33. The average molecular weight is 379 g/mol. The fourth-order valence-corrected chi connectivity index (χ4v) is 4.02. The number of hydrogen-bond donors (Lipinski definition) is 1. The van der Waals surface area contributed by atoms with Crippen LogP contribution in [-0.4, -0.2) is 27.8 Å². The zero-order valence-corrected chi connectivity index (χ0v) is 16.0. The number of carbonyl (C=O) groups excluding carboxylic acids is 1. The second kappa shape index (κ2) is 7.88. The molecule has 5 nitrogen and oxygen atoms in total. The maximum absolute atomic E-state index is 12.2. The maximum Gasteiger partial charge on any atom is 0.258 e. The van der Waals surface area contributed by atoms with Crippen LogP contribution in [0.25, 0.3) is 11.3 Å². The molecular formula is C21H21N3O2S. The molecule has 1 amide bonds. The molecule has 1 N–H and O–H groups in total. The molecular weight excluding hydrogens is 358 g/mol. The first kappa shape index (κ1) is 17.7. The number of hydrogen-bond acceptors (Lipinski definition) is 4. The number of nitrogens with one attached hydrogen (secondary N) is 1. The van der Waals surface area contributed by atoms with E-state index >= 15 is 0 Å². The summed E-state index contributed by atoms with van der Waals surface area (Å²) in [4.78, 5) is 17.0. The quantitative estimate of drug-likeness (QED) is 0.710. The van der Waals surface area contributed by atoms with Crippen LogP contribution in [0.15, 0.2) is 59.8 Å². The van der Waals surface area contributed by atoms with Crippen LogP contribution in [0.2, 0.25) is 0 Å². The summed E-state index contributed by atoms with van der Waals surface area (Å²) >= 11 is 1.76. The third-order valence-corrected chi connectivity index (χ3v) is 5.43. The first-order valence-electron chi connectivity index (χ1n) is 8.94. The summed E-state index contributed by atoms with van der Waals surface area (Å²) in [5.41, 5.74) is 4.29. The lowest BCUT2D eigenvalue weighted by Gasteiger charge is -2.11. The van der Waals surface area contributed by atoms with Gasteiger partial charge in [0.05, 0.1) is 17.9 Å². The van der Waals surface area contributed by atoms with Gasteiger partial charge in [0.1, 0.15) is 5.75 Å². The number of ether oxygens (including phenoxy) is 1. The average Bonchev–Trinajstić information content (AvgIpc) is 3.28. The monoisotopic (exact) mass is 379 g/mol. The van der Waals surface area contributed by atoms with Gasteiger partial charge in [0, 0.05) is 17.9 Å². The van der Waals surface area contributed by atoms with Crippen molar-refractivity contribution in [3.63, 3.8) is 0 Å². The zero-order chi connectivity index (χ0) is 18.6. The van der Waals surface area contributed by atoms with E-state index in [1.807, 2.05) is 30.3 Å². The highest BCUT2D eigenvalue weighted by Gasteiger charge is 2.22. The van der Waals surface area contributed by atoms with Gasteiger partial charge in [0.15, 0.2) is 11.8 Å². The van der Waals surface area contributed by atoms with E-state index in [4.69, 9.17) is 9.72 Å². The Morgan fingerprint density at radius 3 is 2.74 bits per heavy atom. The lowest BCUT2D eigenvalue weighted by molar-refractivity contribution is -0.123. The van der Waals surface area contributed by atoms with E-state index in [2.05, 4.69) is 41.1 Å². The Morgan fingerprint density at radius 2 is 1.96 bits per heavy atom. The van der Waals surface area contributed by atoms with Crippen LogP contribution < -0.4 is 10.1 Å². The van der Waals surface area contributed by atoms with Crippen LogP contribution in [0, 0.1) is 6.92 Å². The normalized spacial score (nSPS) is 12.6. The fraction of sp³-hybridized carbons (Fsp3) is 0.238. The van der Waals surface area contributed by atoms with Gasteiger partial charge in [-0.05, 0) is 19.1 Å². The summed E-state index contributed by atoms with van der Waals surface area (Å²) in [6.45, 7) is 3.43. The second-order valence-corrected chi connectivity index (χ2v) is 7.50. The Hall–Kier alpha value is -2.73. The number of nitrogens with zero attached hydrogens (tertiary/aromatic N) is 2. The van der Waals surface area contributed by atoms with Crippen molar-refractivity contribution in [3.8, 4) is 17.0 Å².